The fraction of sp³-hybridized carbons (Fsp3) is 0.163. The number of thioether (sulfide) groups is 3. The lowest BCUT2D eigenvalue weighted by Crippen LogP contribution is -2.70. The Balaban J connectivity index is 1.08. The molecule has 61 heavy (non-hydrogen) atoms. The number of carbonyl (C=O) groups excluding carboxylic acids is 3. The van der Waals surface area contributed by atoms with Crippen LogP contribution in [0, 0.1) is 11.3 Å². The predicted molar refractivity (Wildman–Crippen MR) is 243 cm³/mol. The third-order valence-corrected chi connectivity index (χ3v) is 13.9. The number of β-lactam (4-membered cyclic amide) rings is 1. The van der Waals surface area contributed by atoms with Gasteiger partial charge >= 0.3 is 5.97 Å². The van der Waals surface area contributed by atoms with Crippen LogP contribution >= 0.6 is 35.3 Å². The van der Waals surface area contributed by atoms with Gasteiger partial charge < -0.3 is 10.1 Å². The van der Waals surface area contributed by atoms with E-state index in [9.17, 15) is 14.4 Å². The maximum Gasteiger partial charge on any atom is 0.356 e. The molecule has 0 radical (unpaired) electrons. The second-order valence-electron chi connectivity index (χ2n) is 14.3. The summed E-state index contributed by atoms with van der Waals surface area (Å²) in [5.41, 5.74) is 5.31. The van der Waals surface area contributed by atoms with E-state index in [1.807, 2.05) is 91.1 Å². The van der Waals surface area contributed by atoms with Crippen molar-refractivity contribution in [2.75, 3.05) is 17.3 Å². The van der Waals surface area contributed by atoms with Gasteiger partial charge in [-0.3, -0.25) is 19.2 Å². The third-order valence-electron chi connectivity index (χ3n) is 10.5. The summed E-state index contributed by atoms with van der Waals surface area (Å²) in [4.78, 5) is 43.5. The zero-order valence-corrected chi connectivity index (χ0v) is 35.4. The molecule has 304 valence electrons. The summed E-state index contributed by atoms with van der Waals surface area (Å²) in [6.07, 6.45) is 5.24. The molecule has 0 spiro atoms. The molecule has 3 heterocycles. The average molecular weight is 860 g/mol. The number of nitrogens with zero attached hydrogens (tertiary/aromatic N) is 4. The highest BCUT2D eigenvalue weighted by atomic mass is 32.2. The van der Waals surface area contributed by atoms with Gasteiger partial charge in [-0.05, 0) is 45.2 Å². The Morgan fingerprint density at radius 3 is 1.93 bits per heavy atom. The number of hydrogen-bond donors (Lipinski definition) is 1. The van der Waals surface area contributed by atoms with Gasteiger partial charge in [0.1, 0.15) is 22.7 Å². The number of aryl methyl sites for hydroxylation is 1. The Bertz CT molecular complexity index is 2430. The first kappa shape index (κ1) is 41.5. The summed E-state index contributed by atoms with van der Waals surface area (Å²) >= 11 is 4.21. The molecule has 1 saturated heterocycles. The number of carbonyl (C=O) groups is 3. The maximum absolute atomic E-state index is 14.5. The summed E-state index contributed by atoms with van der Waals surface area (Å²) in [5.74, 6) is -0.189. The fourth-order valence-corrected chi connectivity index (χ4v) is 10.9. The number of aromatic nitrogens is 2. The molecule has 8 rings (SSSR count). The summed E-state index contributed by atoms with van der Waals surface area (Å²) in [5, 5.41) is 17.7. The molecule has 2 aliphatic heterocycles. The molecule has 12 heteroatoms. The highest BCUT2D eigenvalue weighted by molar-refractivity contribution is 8.06. The molecule has 2 aliphatic rings. The van der Waals surface area contributed by atoms with Gasteiger partial charge in [-0.25, -0.2) is 4.79 Å². The SMILES string of the molecule is N#C/C=C\SCC(=O)N[C@@H]1C(=O)N2C(C(=O)OC(c3ccccc3)c3ccccc3)=C(SCCc3cnn(C(c4ccccc4)(c4ccccc4)c4ccccc4)c3)CS[C@H]12. The molecule has 0 aliphatic carbocycles. The van der Waals surface area contributed by atoms with E-state index in [4.69, 9.17) is 15.1 Å². The Labute approximate surface area is 367 Å². The van der Waals surface area contributed by atoms with Gasteiger partial charge in [0, 0.05) is 28.7 Å². The largest absolute Gasteiger partial charge is 0.448 e. The molecule has 1 N–H and O–H groups in total. The Hall–Kier alpha value is -6.26. The number of rotatable bonds is 16. The van der Waals surface area contributed by atoms with E-state index in [-0.39, 0.29) is 23.3 Å². The summed E-state index contributed by atoms with van der Waals surface area (Å²) < 4.78 is 8.42. The van der Waals surface area contributed by atoms with Crippen LogP contribution in [0.1, 0.15) is 39.5 Å². The van der Waals surface area contributed by atoms with Crippen LogP contribution in [-0.2, 0) is 31.1 Å². The van der Waals surface area contributed by atoms with E-state index in [1.54, 1.807) is 0 Å². The van der Waals surface area contributed by atoms with Gasteiger partial charge in [0.2, 0.25) is 5.91 Å². The number of fused-ring (bicyclic) bond motifs is 1. The Kier molecular flexibility index (Phi) is 13.2. The van der Waals surface area contributed by atoms with Crippen LogP contribution in [0.25, 0.3) is 0 Å². The number of esters is 1. The molecule has 5 aromatic carbocycles. The van der Waals surface area contributed by atoms with Gasteiger partial charge in [-0.1, -0.05) is 152 Å². The van der Waals surface area contributed by atoms with Gasteiger partial charge in [0.25, 0.3) is 5.91 Å². The van der Waals surface area contributed by atoms with E-state index in [2.05, 4.69) is 89.0 Å². The number of hydrogen-bond acceptors (Lipinski definition) is 9. The predicted octanol–water partition coefficient (Wildman–Crippen LogP) is 8.71. The van der Waals surface area contributed by atoms with Gasteiger partial charge in [0.05, 0.1) is 18.0 Å². The van der Waals surface area contributed by atoms with Crippen molar-refractivity contribution in [2.45, 2.75) is 29.5 Å². The number of ether oxygens (including phenoxy) is 1. The first-order valence-corrected chi connectivity index (χ1v) is 22.8. The van der Waals surface area contributed by atoms with Crippen molar-refractivity contribution in [1.82, 2.24) is 20.0 Å². The zero-order chi connectivity index (χ0) is 42.0. The number of nitrogens with one attached hydrogen (secondary N) is 1. The number of amides is 2. The lowest BCUT2D eigenvalue weighted by molar-refractivity contribution is -0.154. The van der Waals surface area contributed by atoms with E-state index < -0.39 is 29.0 Å². The maximum atomic E-state index is 14.5. The second kappa shape index (κ2) is 19.4. The summed E-state index contributed by atoms with van der Waals surface area (Å²) in [7, 11) is 0. The molecule has 2 atom stereocenters. The topological polar surface area (TPSA) is 117 Å². The molecule has 9 nitrogen and oxygen atoms in total. The lowest BCUT2D eigenvalue weighted by Gasteiger charge is -2.49. The fourth-order valence-electron chi connectivity index (χ4n) is 7.76. The Morgan fingerprint density at radius 1 is 0.852 bits per heavy atom. The van der Waals surface area contributed by atoms with E-state index in [0.29, 0.717) is 17.9 Å². The molecule has 6 aromatic rings. The smallest absolute Gasteiger partial charge is 0.356 e. The van der Waals surface area contributed by atoms with E-state index >= 15 is 0 Å². The third kappa shape index (κ3) is 8.82. The minimum Gasteiger partial charge on any atom is -0.448 e. The van der Waals surface area contributed by atoms with Gasteiger partial charge in [0.15, 0.2) is 6.10 Å². The van der Waals surface area contributed by atoms with Crippen LogP contribution in [0.5, 0.6) is 0 Å². The van der Waals surface area contributed by atoms with Crippen LogP contribution in [0.2, 0.25) is 0 Å². The lowest BCUT2D eigenvalue weighted by atomic mass is 9.77. The highest BCUT2D eigenvalue weighted by Gasteiger charge is 2.54. The average Bonchev–Trinajstić information content (AvgIpc) is 3.79. The molecule has 1 fully saturated rings. The molecule has 0 unspecified atom stereocenters. The van der Waals surface area contributed by atoms with Crippen LogP contribution in [0.15, 0.2) is 186 Å². The van der Waals surface area contributed by atoms with Crippen LogP contribution < -0.4 is 5.32 Å². The summed E-state index contributed by atoms with van der Waals surface area (Å²) in [6.45, 7) is 0. The first-order valence-electron chi connectivity index (χ1n) is 19.8. The van der Waals surface area contributed by atoms with Crippen LogP contribution in [0.4, 0.5) is 0 Å². The Morgan fingerprint density at radius 2 is 1.39 bits per heavy atom. The normalized spacial score (nSPS) is 16.2. The van der Waals surface area contributed by atoms with Crippen LogP contribution in [0.3, 0.4) is 0 Å². The van der Waals surface area contributed by atoms with Crippen molar-refractivity contribution >= 4 is 53.1 Å². The van der Waals surface area contributed by atoms with Crippen molar-refractivity contribution in [2.24, 2.45) is 0 Å². The van der Waals surface area contributed by atoms with Crippen molar-refractivity contribution in [1.29, 1.82) is 5.26 Å². The monoisotopic (exact) mass is 859 g/mol. The highest BCUT2D eigenvalue weighted by Crippen LogP contribution is 2.45. The standard InChI is InChI=1S/C49H41N5O4S3/c50-28-16-29-59-34-42(55)52-43-46(56)54-44(48(57)58-45(36-17-6-1-7-18-36)37-19-8-2-9-20-37)41(33-61-47(43)54)60-30-27-35-31-51-53(32-35)49(38-21-10-3-11-22-38,39-23-12-4-13-24-39)40-25-14-5-15-26-40/h1-26,29,31-32,43,45,47H,27,30,33-34H2,(H,52,55)/b29-16-/t43-,47-/m1/s1. The van der Waals surface area contributed by atoms with Gasteiger partial charge in [-0.15, -0.1) is 35.3 Å². The number of nitriles is 1. The molecular formula is C49H41N5O4S3. The first-order chi connectivity index (χ1) is 30.0. The van der Waals surface area contributed by atoms with Crippen molar-refractivity contribution < 1.29 is 19.1 Å². The zero-order valence-electron chi connectivity index (χ0n) is 33.0. The molecule has 0 bridgehead atoms. The van der Waals surface area contributed by atoms with Gasteiger partial charge in [-0.2, -0.15) is 10.4 Å². The number of benzene rings is 5. The van der Waals surface area contributed by atoms with E-state index in [0.717, 1.165) is 38.3 Å². The van der Waals surface area contributed by atoms with Crippen molar-refractivity contribution in [3.8, 4) is 6.07 Å². The van der Waals surface area contributed by atoms with E-state index in [1.165, 1.54) is 51.7 Å². The minimum atomic E-state index is -0.795. The summed E-state index contributed by atoms with van der Waals surface area (Å²) in [6, 6.07) is 51.4. The van der Waals surface area contributed by atoms with Crippen molar-refractivity contribution in [3.63, 3.8) is 0 Å². The van der Waals surface area contributed by atoms with Crippen LogP contribution in [-0.4, -0.2) is 61.1 Å². The quantitative estimate of drug-likeness (QED) is 0.0442. The molecular weight excluding hydrogens is 819 g/mol. The minimum absolute atomic E-state index is 0.0563. The number of allylic oxidation sites excluding steroid dienone is 1. The molecule has 0 saturated carbocycles. The molecule has 2 amide bonds. The van der Waals surface area contributed by atoms with Crippen molar-refractivity contribution in [3.05, 3.63) is 220 Å². The second-order valence-corrected chi connectivity index (χ2v) is 17.5. The molecule has 1 aromatic heterocycles.